The normalized spacial score (nSPS) is 18.0. The number of hydrogen-bond donors (Lipinski definition) is 2. The number of likely N-dealkylation sites (tertiary alicyclic amines) is 1. The van der Waals surface area contributed by atoms with E-state index in [-0.39, 0.29) is 18.1 Å². The number of rotatable bonds is 7. The summed E-state index contributed by atoms with van der Waals surface area (Å²) in [7, 11) is 1.87. The van der Waals surface area contributed by atoms with Crippen molar-refractivity contribution in [2.45, 2.75) is 45.3 Å². The third-order valence-corrected chi connectivity index (χ3v) is 5.98. The lowest BCUT2D eigenvalue weighted by atomic mass is 10.00. The average molecular weight is 396 g/mol. The summed E-state index contributed by atoms with van der Waals surface area (Å²) in [6.45, 7) is 6.44. The number of nitrogen functional groups attached to an aromatic ring is 1. The molecule has 0 saturated carbocycles. The number of carbonyl (C=O) groups is 1. The SMILES string of the molecule is CCc1cc(CC(=O)N(C)C(CN2CCC(O)C2)c2cccc(N)c2)ccc1C. The van der Waals surface area contributed by atoms with E-state index >= 15 is 0 Å². The van der Waals surface area contributed by atoms with Crippen molar-refractivity contribution in [3.63, 3.8) is 0 Å². The number of nitrogens with zero attached hydrogens (tertiary/aromatic N) is 2. The number of hydrogen-bond acceptors (Lipinski definition) is 4. The van der Waals surface area contributed by atoms with Crippen LogP contribution in [0.4, 0.5) is 5.69 Å². The Morgan fingerprint density at radius 2 is 2.10 bits per heavy atom. The quantitative estimate of drug-likeness (QED) is 0.707. The van der Waals surface area contributed by atoms with Crippen molar-refractivity contribution in [2.24, 2.45) is 0 Å². The number of β-amino-alcohol motifs (C(OH)–C–C–N with tert-alkyl or cyclic N) is 1. The first-order valence-electron chi connectivity index (χ1n) is 10.5. The molecule has 1 amide bonds. The average Bonchev–Trinajstić information content (AvgIpc) is 3.11. The second-order valence-corrected chi connectivity index (χ2v) is 8.18. The van der Waals surface area contributed by atoms with Gasteiger partial charge >= 0.3 is 0 Å². The fraction of sp³-hybridized carbons (Fsp3) is 0.458. The highest BCUT2D eigenvalue weighted by molar-refractivity contribution is 5.79. The van der Waals surface area contributed by atoms with Crippen molar-refractivity contribution < 1.29 is 9.90 Å². The lowest BCUT2D eigenvalue weighted by Gasteiger charge is -2.32. The molecular formula is C24H33N3O2. The molecule has 0 aliphatic carbocycles. The van der Waals surface area contributed by atoms with Crippen LogP contribution in [-0.4, -0.2) is 53.6 Å². The van der Waals surface area contributed by atoms with Gasteiger partial charge in [0.1, 0.15) is 0 Å². The largest absolute Gasteiger partial charge is 0.399 e. The molecule has 1 aliphatic heterocycles. The lowest BCUT2D eigenvalue weighted by molar-refractivity contribution is -0.131. The van der Waals surface area contributed by atoms with Crippen molar-refractivity contribution in [3.05, 3.63) is 64.7 Å². The molecule has 5 nitrogen and oxygen atoms in total. The van der Waals surface area contributed by atoms with Crippen LogP contribution >= 0.6 is 0 Å². The van der Waals surface area contributed by atoms with Crippen LogP contribution in [0.15, 0.2) is 42.5 Å². The van der Waals surface area contributed by atoms with Crippen LogP contribution in [0, 0.1) is 6.92 Å². The summed E-state index contributed by atoms with van der Waals surface area (Å²) in [6.07, 6.45) is 1.85. The Morgan fingerprint density at radius 1 is 1.31 bits per heavy atom. The Hall–Kier alpha value is -2.37. The van der Waals surface area contributed by atoms with Crippen LogP contribution in [0.5, 0.6) is 0 Å². The van der Waals surface area contributed by atoms with Crippen LogP contribution in [0.25, 0.3) is 0 Å². The van der Waals surface area contributed by atoms with Crippen molar-refractivity contribution in [3.8, 4) is 0 Å². The van der Waals surface area contributed by atoms with Gasteiger partial charge in [-0.2, -0.15) is 0 Å². The number of amides is 1. The van der Waals surface area contributed by atoms with Gasteiger partial charge in [-0.05, 0) is 54.2 Å². The maximum Gasteiger partial charge on any atom is 0.227 e. The molecule has 1 heterocycles. The van der Waals surface area contributed by atoms with Gasteiger partial charge < -0.3 is 15.7 Å². The highest BCUT2D eigenvalue weighted by Gasteiger charge is 2.28. The van der Waals surface area contributed by atoms with Crippen molar-refractivity contribution in [2.75, 3.05) is 32.4 Å². The van der Waals surface area contributed by atoms with E-state index in [1.165, 1.54) is 11.1 Å². The highest BCUT2D eigenvalue weighted by Crippen LogP contribution is 2.25. The predicted octanol–water partition coefficient (Wildman–Crippen LogP) is 2.95. The molecule has 2 aromatic carbocycles. The van der Waals surface area contributed by atoms with Gasteiger partial charge in [0.05, 0.1) is 18.6 Å². The summed E-state index contributed by atoms with van der Waals surface area (Å²) in [6, 6.07) is 14.0. The second-order valence-electron chi connectivity index (χ2n) is 8.18. The molecule has 1 saturated heterocycles. The first kappa shape index (κ1) is 21.3. The van der Waals surface area contributed by atoms with E-state index in [1.54, 1.807) is 0 Å². The van der Waals surface area contributed by atoms with E-state index in [0.29, 0.717) is 25.2 Å². The summed E-state index contributed by atoms with van der Waals surface area (Å²) >= 11 is 0. The molecule has 3 rings (SSSR count). The minimum atomic E-state index is -0.280. The summed E-state index contributed by atoms with van der Waals surface area (Å²) in [5.41, 5.74) is 11.3. The molecule has 29 heavy (non-hydrogen) atoms. The van der Waals surface area contributed by atoms with Crippen LogP contribution in [-0.2, 0) is 17.6 Å². The maximum absolute atomic E-state index is 13.2. The Kier molecular flexibility index (Phi) is 6.93. The van der Waals surface area contributed by atoms with Gasteiger partial charge in [-0.1, -0.05) is 37.3 Å². The molecule has 5 heteroatoms. The first-order valence-corrected chi connectivity index (χ1v) is 10.5. The minimum absolute atomic E-state index is 0.0862. The summed E-state index contributed by atoms with van der Waals surface area (Å²) < 4.78 is 0. The van der Waals surface area contributed by atoms with Crippen LogP contribution in [0.3, 0.4) is 0 Å². The lowest BCUT2D eigenvalue weighted by Crippen LogP contribution is -2.39. The summed E-state index contributed by atoms with van der Waals surface area (Å²) in [5, 5.41) is 9.90. The molecule has 0 aromatic heterocycles. The molecule has 0 bridgehead atoms. The second kappa shape index (κ2) is 9.42. The van der Waals surface area contributed by atoms with Gasteiger partial charge in [0, 0.05) is 32.4 Å². The predicted molar refractivity (Wildman–Crippen MR) is 118 cm³/mol. The Morgan fingerprint density at radius 3 is 2.76 bits per heavy atom. The fourth-order valence-corrected chi connectivity index (χ4v) is 4.13. The van der Waals surface area contributed by atoms with Crippen molar-refractivity contribution in [1.29, 1.82) is 0 Å². The zero-order chi connectivity index (χ0) is 21.0. The monoisotopic (exact) mass is 395 g/mol. The van der Waals surface area contributed by atoms with Gasteiger partial charge in [0.25, 0.3) is 0 Å². The number of aliphatic hydroxyl groups excluding tert-OH is 1. The van der Waals surface area contributed by atoms with Gasteiger partial charge in [0.15, 0.2) is 0 Å². The standard InChI is InChI=1S/C24H33N3O2/c1-4-19-12-18(9-8-17(19)2)13-24(29)26(3)23(16-27-11-10-22(28)15-27)20-6-5-7-21(25)14-20/h5-9,12,14,22-23,28H,4,10-11,13,15-16,25H2,1-3H3. The number of anilines is 1. The third kappa shape index (κ3) is 5.37. The molecule has 3 N–H and O–H groups in total. The van der Waals surface area contributed by atoms with E-state index in [2.05, 4.69) is 30.9 Å². The third-order valence-electron chi connectivity index (χ3n) is 5.98. The van der Waals surface area contributed by atoms with E-state index < -0.39 is 0 Å². The molecule has 2 atom stereocenters. The number of aryl methyl sites for hydroxylation is 2. The summed E-state index contributed by atoms with van der Waals surface area (Å²) in [4.78, 5) is 17.2. The molecule has 1 aliphatic rings. The van der Waals surface area contributed by atoms with Gasteiger partial charge in [-0.15, -0.1) is 0 Å². The smallest absolute Gasteiger partial charge is 0.227 e. The van der Waals surface area contributed by atoms with E-state index in [4.69, 9.17) is 5.73 Å². The van der Waals surface area contributed by atoms with Crippen LogP contribution < -0.4 is 5.73 Å². The number of carbonyl (C=O) groups excluding carboxylic acids is 1. The molecule has 2 unspecified atom stereocenters. The zero-order valence-electron chi connectivity index (χ0n) is 17.8. The topological polar surface area (TPSA) is 69.8 Å². The van der Waals surface area contributed by atoms with Crippen LogP contribution in [0.1, 0.15) is 41.6 Å². The number of aliphatic hydroxyl groups is 1. The molecule has 0 spiro atoms. The molecule has 1 fully saturated rings. The van der Waals surface area contributed by atoms with Gasteiger partial charge in [-0.3, -0.25) is 9.69 Å². The van der Waals surface area contributed by atoms with E-state index in [0.717, 1.165) is 30.5 Å². The first-order chi connectivity index (χ1) is 13.9. The van der Waals surface area contributed by atoms with E-state index in [1.807, 2.05) is 42.3 Å². The molecule has 2 aromatic rings. The summed E-state index contributed by atoms with van der Waals surface area (Å²) in [5.74, 6) is 0.0862. The number of nitrogens with two attached hydrogens (primary N) is 1. The zero-order valence-corrected chi connectivity index (χ0v) is 17.8. The van der Waals surface area contributed by atoms with Crippen molar-refractivity contribution >= 4 is 11.6 Å². The Balaban J connectivity index is 1.79. The molecule has 0 radical (unpaired) electrons. The van der Waals surface area contributed by atoms with Crippen LogP contribution in [0.2, 0.25) is 0 Å². The number of likely N-dealkylation sites (N-methyl/N-ethyl adjacent to an activating group) is 1. The van der Waals surface area contributed by atoms with E-state index in [9.17, 15) is 9.90 Å². The highest BCUT2D eigenvalue weighted by atomic mass is 16.3. The Bertz CT molecular complexity index is 852. The van der Waals surface area contributed by atoms with Gasteiger partial charge in [-0.25, -0.2) is 0 Å². The maximum atomic E-state index is 13.2. The van der Waals surface area contributed by atoms with Crippen molar-refractivity contribution in [1.82, 2.24) is 9.80 Å². The number of benzene rings is 2. The van der Waals surface area contributed by atoms with Gasteiger partial charge in [0.2, 0.25) is 5.91 Å². The molecular weight excluding hydrogens is 362 g/mol. The minimum Gasteiger partial charge on any atom is -0.399 e. The fourth-order valence-electron chi connectivity index (χ4n) is 4.13. The Labute approximate surface area is 174 Å². The molecule has 156 valence electrons.